The van der Waals surface area contributed by atoms with E-state index >= 15 is 0 Å². The van der Waals surface area contributed by atoms with Crippen LogP contribution in [0.3, 0.4) is 0 Å². The van der Waals surface area contributed by atoms with Gasteiger partial charge in [-0.15, -0.1) is 0 Å². The first kappa shape index (κ1) is 14.3. The van der Waals surface area contributed by atoms with Gasteiger partial charge in [0.15, 0.2) is 0 Å². The van der Waals surface area contributed by atoms with Crippen molar-refractivity contribution in [3.05, 3.63) is 22.7 Å². The molecular formula is C13H21BrN2O. The molecule has 0 unspecified atom stereocenters. The van der Waals surface area contributed by atoms with Gasteiger partial charge in [-0.25, -0.2) is 0 Å². The molecule has 3 nitrogen and oxygen atoms in total. The SMILES string of the molecule is CC(C)(CCCO)CNc1ccc(N)cc1Br. The number of hydrogen-bond donors (Lipinski definition) is 3. The number of rotatable bonds is 6. The lowest BCUT2D eigenvalue weighted by Gasteiger charge is -2.25. The topological polar surface area (TPSA) is 58.3 Å². The number of nitrogens with one attached hydrogen (secondary N) is 1. The molecule has 0 radical (unpaired) electrons. The largest absolute Gasteiger partial charge is 0.399 e. The van der Waals surface area contributed by atoms with Gasteiger partial charge in [0.1, 0.15) is 0 Å². The average molecular weight is 301 g/mol. The maximum atomic E-state index is 8.85. The minimum Gasteiger partial charge on any atom is -0.399 e. The molecule has 1 rings (SSSR count). The third kappa shape index (κ3) is 4.96. The zero-order chi connectivity index (χ0) is 12.9. The highest BCUT2D eigenvalue weighted by Crippen LogP contribution is 2.28. The second-order valence-electron chi connectivity index (χ2n) is 5.08. The standard InChI is InChI=1S/C13H21BrN2O/c1-13(2,6-3-7-17)9-16-12-5-4-10(15)8-11(12)14/h4-5,8,16-17H,3,6-7,9,15H2,1-2H3. The van der Waals surface area contributed by atoms with E-state index in [0.29, 0.717) is 0 Å². The summed E-state index contributed by atoms with van der Waals surface area (Å²) in [5.74, 6) is 0. The van der Waals surface area contributed by atoms with E-state index in [0.717, 1.165) is 35.2 Å². The molecule has 4 N–H and O–H groups in total. The predicted molar refractivity (Wildman–Crippen MR) is 77.1 cm³/mol. The van der Waals surface area contributed by atoms with E-state index in [1.165, 1.54) is 0 Å². The third-order valence-corrected chi connectivity index (χ3v) is 3.42. The maximum absolute atomic E-state index is 8.85. The Morgan fingerprint density at radius 3 is 2.71 bits per heavy atom. The van der Waals surface area contributed by atoms with E-state index in [1.807, 2.05) is 18.2 Å². The van der Waals surface area contributed by atoms with Gasteiger partial charge in [0.2, 0.25) is 0 Å². The molecule has 1 aromatic rings. The van der Waals surface area contributed by atoms with Crippen molar-refractivity contribution < 1.29 is 5.11 Å². The number of nitrogen functional groups attached to an aromatic ring is 1. The van der Waals surface area contributed by atoms with Crippen molar-refractivity contribution in [3.63, 3.8) is 0 Å². The van der Waals surface area contributed by atoms with Crippen LogP contribution in [0.5, 0.6) is 0 Å². The molecule has 0 saturated heterocycles. The Labute approximate surface area is 112 Å². The Balaban J connectivity index is 2.54. The first-order valence-electron chi connectivity index (χ1n) is 5.84. The van der Waals surface area contributed by atoms with Crippen LogP contribution in [0.15, 0.2) is 22.7 Å². The van der Waals surface area contributed by atoms with Crippen LogP contribution in [0.2, 0.25) is 0 Å². The summed E-state index contributed by atoms with van der Waals surface area (Å²) < 4.78 is 0.982. The van der Waals surface area contributed by atoms with Gasteiger partial charge in [0, 0.05) is 29.0 Å². The summed E-state index contributed by atoms with van der Waals surface area (Å²) in [6, 6.07) is 5.75. The van der Waals surface area contributed by atoms with Crippen molar-refractivity contribution in [2.75, 3.05) is 24.2 Å². The van der Waals surface area contributed by atoms with Gasteiger partial charge in [-0.3, -0.25) is 0 Å². The van der Waals surface area contributed by atoms with Crippen molar-refractivity contribution in [1.29, 1.82) is 0 Å². The first-order chi connectivity index (χ1) is 7.94. The summed E-state index contributed by atoms with van der Waals surface area (Å²) in [4.78, 5) is 0. The van der Waals surface area contributed by atoms with Gasteiger partial charge in [0.25, 0.3) is 0 Å². The molecule has 0 spiro atoms. The number of benzene rings is 1. The molecule has 4 heteroatoms. The molecule has 17 heavy (non-hydrogen) atoms. The van der Waals surface area contributed by atoms with Crippen LogP contribution >= 0.6 is 15.9 Å². The summed E-state index contributed by atoms with van der Waals surface area (Å²) in [7, 11) is 0. The van der Waals surface area contributed by atoms with Crippen LogP contribution in [0.1, 0.15) is 26.7 Å². The van der Waals surface area contributed by atoms with E-state index in [-0.39, 0.29) is 12.0 Å². The van der Waals surface area contributed by atoms with E-state index in [1.54, 1.807) is 0 Å². The molecule has 0 aliphatic heterocycles. The summed E-state index contributed by atoms with van der Waals surface area (Å²) in [6.45, 7) is 5.52. The number of anilines is 2. The van der Waals surface area contributed by atoms with Gasteiger partial charge in [-0.1, -0.05) is 13.8 Å². The zero-order valence-corrected chi connectivity index (χ0v) is 12.0. The van der Waals surface area contributed by atoms with E-state index < -0.39 is 0 Å². The number of aliphatic hydroxyl groups is 1. The molecule has 0 bridgehead atoms. The summed E-state index contributed by atoms with van der Waals surface area (Å²) in [5, 5.41) is 12.3. The van der Waals surface area contributed by atoms with Crippen molar-refractivity contribution in [3.8, 4) is 0 Å². The molecule has 0 heterocycles. The van der Waals surface area contributed by atoms with E-state index in [9.17, 15) is 0 Å². The fourth-order valence-electron chi connectivity index (χ4n) is 1.66. The molecule has 1 aromatic carbocycles. The molecule has 0 amide bonds. The number of aliphatic hydroxyl groups excluding tert-OH is 1. The molecule has 96 valence electrons. The first-order valence-corrected chi connectivity index (χ1v) is 6.64. The summed E-state index contributed by atoms with van der Waals surface area (Å²) in [5.41, 5.74) is 7.66. The fraction of sp³-hybridized carbons (Fsp3) is 0.538. The van der Waals surface area contributed by atoms with Gasteiger partial charge < -0.3 is 16.2 Å². The van der Waals surface area contributed by atoms with E-state index in [4.69, 9.17) is 10.8 Å². The smallest absolute Gasteiger partial charge is 0.0486 e. The van der Waals surface area contributed by atoms with Crippen molar-refractivity contribution in [1.82, 2.24) is 0 Å². The Morgan fingerprint density at radius 1 is 1.41 bits per heavy atom. The Hall–Kier alpha value is -0.740. The van der Waals surface area contributed by atoms with Gasteiger partial charge in [-0.05, 0) is 52.4 Å². The number of hydrogen-bond acceptors (Lipinski definition) is 3. The van der Waals surface area contributed by atoms with Crippen LogP contribution < -0.4 is 11.1 Å². The molecule has 0 aliphatic rings. The highest BCUT2D eigenvalue weighted by Gasteiger charge is 2.17. The second kappa shape index (κ2) is 6.26. The summed E-state index contributed by atoms with van der Waals surface area (Å²) >= 11 is 3.48. The van der Waals surface area contributed by atoms with Crippen LogP contribution in [-0.2, 0) is 0 Å². The molecule has 0 aliphatic carbocycles. The summed E-state index contributed by atoms with van der Waals surface area (Å²) in [6.07, 6.45) is 1.85. The zero-order valence-electron chi connectivity index (χ0n) is 10.5. The van der Waals surface area contributed by atoms with Crippen molar-refractivity contribution >= 4 is 27.3 Å². The van der Waals surface area contributed by atoms with Gasteiger partial charge in [0.05, 0.1) is 0 Å². The number of halogens is 1. The third-order valence-electron chi connectivity index (χ3n) is 2.76. The minimum absolute atomic E-state index is 0.170. The van der Waals surface area contributed by atoms with Gasteiger partial charge in [-0.2, -0.15) is 0 Å². The monoisotopic (exact) mass is 300 g/mol. The van der Waals surface area contributed by atoms with Crippen LogP contribution in [0.4, 0.5) is 11.4 Å². The molecule has 0 fully saturated rings. The molecule has 0 aromatic heterocycles. The Morgan fingerprint density at radius 2 is 2.12 bits per heavy atom. The lowest BCUT2D eigenvalue weighted by molar-refractivity contribution is 0.248. The lowest BCUT2D eigenvalue weighted by Crippen LogP contribution is -2.23. The number of nitrogens with two attached hydrogens (primary N) is 1. The van der Waals surface area contributed by atoms with Crippen LogP contribution in [-0.4, -0.2) is 18.3 Å². The molecular weight excluding hydrogens is 280 g/mol. The lowest BCUT2D eigenvalue weighted by atomic mass is 9.88. The fourth-order valence-corrected chi connectivity index (χ4v) is 2.19. The van der Waals surface area contributed by atoms with Crippen LogP contribution in [0.25, 0.3) is 0 Å². The molecule has 0 atom stereocenters. The normalized spacial score (nSPS) is 11.5. The maximum Gasteiger partial charge on any atom is 0.0486 e. The average Bonchev–Trinajstić information content (AvgIpc) is 2.25. The Bertz CT molecular complexity index is 366. The predicted octanol–water partition coefficient (Wildman–Crippen LogP) is 3.24. The van der Waals surface area contributed by atoms with Crippen molar-refractivity contribution in [2.24, 2.45) is 5.41 Å². The highest BCUT2D eigenvalue weighted by atomic mass is 79.9. The quantitative estimate of drug-likeness (QED) is 0.707. The molecule has 0 saturated carbocycles. The van der Waals surface area contributed by atoms with E-state index in [2.05, 4.69) is 35.1 Å². The minimum atomic E-state index is 0.170. The Kier molecular flexibility index (Phi) is 5.28. The highest BCUT2D eigenvalue weighted by molar-refractivity contribution is 9.10. The van der Waals surface area contributed by atoms with Crippen molar-refractivity contribution in [2.45, 2.75) is 26.7 Å². The second-order valence-corrected chi connectivity index (χ2v) is 5.94. The van der Waals surface area contributed by atoms with Crippen LogP contribution in [0, 0.1) is 5.41 Å². The van der Waals surface area contributed by atoms with Gasteiger partial charge >= 0.3 is 0 Å².